The largest absolute Gasteiger partial charge is 0.523 e. The molecule has 0 N–H and O–H groups in total. The van der Waals surface area contributed by atoms with Crippen molar-refractivity contribution < 1.29 is 25.8 Å². The summed E-state index contributed by atoms with van der Waals surface area (Å²) in [6, 6.07) is 8.05. The molecule has 0 saturated carbocycles. The molecule has 1 fully saturated rings. The lowest BCUT2D eigenvalue weighted by atomic mass is 10.2. The third-order valence-electron chi connectivity index (χ3n) is 2.30. The SMILES string of the molecule is O=S(=O)(OC1(c2ccccc2)SCCS1)C(F)(F)F. The van der Waals surface area contributed by atoms with Crippen LogP contribution in [-0.2, 0) is 18.6 Å². The Balaban J connectivity index is 2.38. The van der Waals surface area contributed by atoms with Crippen LogP contribution < -0.4 is 0 Å². The maximum atomic E-state index is 12.4. The molecule has 0 unspecified atom stereocenters. The molecule has 0 amide bonds. The summed E-state index contributed by atoms with van der Waals surface area (Å²) in [5.41, 5.74) is -5.02. The Morgan fingerprint density at radius 1 is 1.11 bits per heavy atom. The van der Waals surface area contributed by atoms with E-state index in [1.165, 1.54) is 0 Å². The van der Waals surface area contributed by atoms with Gasteiger partial charge in [-0.1, -0.05) is 30.3 Å². The van der Waals surface area contributed by atoms with Crippen molar-refractivity contribution in [2.45, 2.75) is 9.77 Å². The molecule has 1 heterocycles. The zero-order valence-corrected chi connectivity index (χ0v) is 11.8. The lowest BCUT2D eigenvalue weighted by molar-refractivity contribution is -0.0559. The highest BCUT2D eigenvalue weighted by Crippen LogP contribution is 2.54. The van der Waals surface area contributed by atoms with Crippen molar-refractivity contribution in [3.05, 3.63) is 35.9 Å². The maximum absolute atomic E-state index is 12.4. The fraction of sp³-hybridized carbons (Fsp3) is 0.400. The molecule has 0 spiro atoms. The molecule has 1 aromatic carbocycles. The van der Waals surface area contributed by atoms with Crippen LogP contribution >= 0.6 is 23.5 Å². The Morgan fingerprint density at radius 2 is 1.63 bits per heavy atom. The van der Waals surface area contributed by atoms with E-state index in [4.69, 9.17) is 0 Å². The topological polar surface area (TPSA) is 43.4 Å². The predicted molar refractivity (Wildman–Crippen MR) is 69.1 cm³/mol. The summed E-state index contributed by atoms with van der Waals surface area (Å²) >= 11 is 2.09. The summed E-state index contributed by atoms with van der Waals surface area (Å²) in [6.45, 7) is 0. The van der Waals surface area contributed by atoms with Gasteiger partial charge in [0.1, 0.15) is 0 Å². The molecule has 2 rings (SSSR count). The van der Waals surface area contributed by atoms with Crippen LogP contribution in [0.5, 0.6) is 0 Å². The first kappa shape index (κ1) is 15.0. The summed E-state index contributed by atoms with van der Waals surface area (Å²) in [6.07, 6.45) is 0. The van der Waals surface area contributed by atoms with Crippen LogP contribution in [0.1, 0.15) is 5.56 Å². The number of rotatable bonds is 3. The second-order valence-corrected chi connectivity index (χ2v) is 7.94. The molecule has 1 aromatic rings. The zero-order chi connectivity index (χ0) is 14.1. The van der Waals surface area contributed by atoms with Crippen molar-refractivity contribution in [3.8, 4) is 0 Å². The fourth-order valence-corrected chi connectivity index (χ4v) is 5.54. The quantitative estimate of drug-likeness (QED) is 0.629. The normalized spacial score (nSPS) is 19.5. The number of alkyl halides is 3. The first-order valence-corrected chi connectivity index (χ1v) is 8.50. The second-order valence-electron chi connectivity index (χ2n) is 3.60. The van der Waals surface area contributed by atoms with Crippen LogP contribution in [0.15, 0.2) is 30.3 Å². The molecule has 1 aliphatic heterocycles. The number of hydrogen-bond acceptors (Lipinski definition) is 5. The van der Waals surface area contributed by atoms with E-state index in [9.17, 15) is 21.6 Å². The molecule has 1 saturated heterocycles. The summed E-state index contributed by atoms with van der Waals surface area (Å²) in [4.78, 5) is 0. The second kappa shape index (κ2) is 5.19. The van der Waals surface area contributed by atoms with Gasteiger partial charge in [0.2, 0.25) is 4.27 Å². The number of hydrogen-bond donors (Lipinski definition) is 0. The molecule has 3 nitrogen and oxygen atoms in total. The Hall–Kier alpha value is -0.380. The first-order chi connectivity index (χ1) is 8.77. The molecular formula is C10H9F3O3S3. The molecular weight excluding hydrogens is 321 g/mol. The fourth-order valence-electron chi connectivity index (χ4n) is 1.49. The van der Waals surface area contributed by atoms with Gasteiger partial charge >= 0.3 is 15.6 Å². The number of halogens is 3. The molecule has 19 heavy (non-hydrogen) atoms. The van der Waals surface area contributed by atoms with E-state index < -0.39 is 19.9 Å². The highest BCUT2D eigenvalue weighted by Gasteiger charge is 2.54. The smallest absolute Gasteiger partial charge is 0.229 e. The minimum Gasteiger partial charge on any atom is -0.229 e. The van der Waals surface area contributed by atoms with Gasteiger partial charge in [-0.3, -0.25) is 0 Å². The Morgan fingerprint density at radius 3 is 2.11 bits per heavy atom. The Labute approximate surface area is 117 Å². The van der Waals surface area contributed by atoms with Gasteiger partial charge in [-0.05, 0) is 0 Å². The highest BCUT2D eigenvalue weighted by atomic mass is 32.2. The molecule has 1 aliphatic rings. The predicted octanol–water partition coefficient (Wildman–Crippen LogP) is 3.14. The van der Waals surface area contributed by atoms with Gasteiger partial charge in [-0.15, -0.1) is 23.5 Å². The van der Waals surface area contributed by atoms with Crippen molar-refractivity contribution >= 4 is 33.6 Å². The Bertz CT molecular complexity index is 536. The van der Waals surface area contributed by atoms with E-state index in [-0.39, 0.29) is 0 Å². The van der Waals surface area contributed by atoms with Crippen molar-refractivity contribution in [2.24, 2.45) is 0 Å². The minimum atomic E-state index is -5.63. The van der Waals surface area contributed by atoms with Gasteiger partial charge in [0, 0.05) is 17.1 Å². The molecule has 0 bridgehead atoms. The number of thioether (sulfide) groups is 2. The monoisotopic (exact) mass is 330 g/mol. The van der Waals surface area contributed by atoms with E-state index in [1.54, 1.807) is 30.3 Å². The Kier molecular flexibility index (Phi) is 4.10. The van der Waals surface area contributed by atoms with E-state index >= 15 is 0 Å². The number of benzene rings is 1. The molecule has 0 aromatic heterocycles. The van der Waals surface area contributed by atoms with E-state index in [1.807, 2.05) is 0 Å². The van der Waals surface area contributed by atoms with Crippen LogP contribution in [0.3, 0.4) is 0 Å². The first-order valence-electron chi connectivity index (χ1n) is 5.12. The van der Waals surface area contributed by atoms with E-state index in [0.29, 0.717) is 17.1 Å². The van der Waals surface area contributed by atoms with Gasteiger partial charge in [-0.25, -0.2) is 4.18 Å². The standard InChI is InChI=1S/C10H9F3O3S3/c11-10(12,13)19(14,15)16-9(17-6-7-18-9)8-4-2-1-3-5-8/h1-5H,6-7H2. The van der Waals surface area contributed by atoms with Crippen LogP contribution in [0, 0.1) is 0 Å². The molecule has 106 valence electrons. The summed E-state index contributed by atoms with van der Waals surface area (Å²) in [5, 5.41) is 0. The molecule has 0 atom stereocenters. The molecule has 9 heteroatoms. The molecule has 0 aliphatic carbocycles. The minimum absolute atomic E-state index is 0.398. The van der Waals surface area contributed by atoms with Gasteiger partial charge in [0.05, 0.1) is 0 Å². The maximum Gasteiger partial charge on any atom is 0.523 e. The summed E-state index contributed by atoms with van der Waals surface area (Å²) in [5.74, 6) is 1.04. The van der Waals surface area contributed by atoms with Gasteiger partial charge in [0.25, 0.3) is 0 Å². The van der Waals surface area contributed by atoms with Gasteiger partial charge < -0.3 is 0 Å². The van der Waals surface area contributed by atoms with Crippen LogP contribution in [0.25, 0.3) is 0 Å². The van der Waals surface area contributed by atoms with Crippen molar-refractivity contribution in [3.63, 3.8) is 0 Å². The lowest BCUT2D eigenvalue weighted by Crippen LogP contribution is -2.32. The molecule has 0 radical (unpaired) electrons. The average molecular weight is 330 g/mol. The third-order valence-corrected chi connectivity index (χ3v) is 6.73. The highest BCUT2D eigenvalue weighted by molar-refractivity contribution is 8.20. The summed E-state index contributed by atoms with van der Waals surface area (Å²) in [7, 11) is -5.63. The van der Waals surface area contributed by atoms with E-state index in [0.717, 1.165) is 23.5 Å². The van der Waals surface area contributed by atoms with Crippen LogP contribution in [0.4, 0.5) is 13.2 Å². The van der Waals surface area contributed by atoms with Crippen LogP contribution in [-0.4, -0.2) is 25.4 Å². The average Bonchev–Trinajstić information content (AvgIpc) is 2.78. The van der Waals surface area contributed by atoms with Gasteiger partial charge in [0.15, 0.2) is 0 Å². The van der Waals surface area contributed by atoms with Crippen molar-refractivity contribution in [1.29, 1.82) is 0 Å². The van der Waals surface area contributed by atoms with Crippen molar-refractivity contribution in [1.82, 2.24) is 0 Å². The lowest BCUT2D eigenvalue weighted by Gasteiger charge is -2.27. The van der Waals surface area contributed by atoms with Gasteiger partial charge in [-0.2, -0.15) is 21.6 Å². The summed E-state index contributed by atoms with van der Waals surface area (Å²) < 4.78 is 62.7. The van der Waals surface area contributed by atoms with Crippen LogP contribution in [0.2, 0.25) is 0 Å². The zero-order valence-electron chi connectivity index (χ0n) is 9.38. The van der Waals surface area contributed by atoms with Crippen molar-refractivity contribution in [2.75, 3.05) is 11.5 Å². The third kappa shape index (κ3) is 3.04. The van der Waals surface area contributed by atoms with E-state index in [2.05, 4.69) is 4.18 Å².